The number of rotatable bonds is 18. The standard InChI is InChI=1S/C22H48P.BrH/c1-5-9-13-14-15-16-17-18-22-23(19-10-6-2,20-11-7-3)21-12-8-4;/h5-22H2,1-4H3;1H/q+1;. The topological polar surface area (TPSA) is 0 Å². The zero-order chi connectivity index (χ0) is 17.2. The van der Waals surface area contributed by atoms with Crippen molar-refractivity contribution in [3.8, 4) is 0 Å². The number of hydrogen-bond donors (Lipinski definition) is 0. The third kappa shape index (κ3) is 15.2. The molecular formula is C22H49BrP+. The van der Waals surface area contributed by atoms with Crippen LogP contribution in [0.5, 0.6) is 0 Å². The van der Waals surface area contributed by atoms with Crippen LogP contribution in [0.25, 0.3) is 0 Å². The lowest BCUT2D eigenvalue weighted by Gasteiger charge is -2.28. The first-order chi connectivity index (χ1) is 11.2. The van der Waals surface area contributed by atoms with E-state index in [0.29, 0.717) is 0 Å². The van der Waals surface area contributed by atoms with Crippen molar-refractivity contribution in [2.45, 2.75) is 118 Å². The van der Waals surface area contributed by atoms with Crippen molar-refractivity contribution < 1.29 is 0 Å². The van der Waals surface area contributed by atoms with Crippen LogP contribution in [0.3, 0.4) is 0 Å². The second-order valence-corrected chi connectivity index (χ2v) is 12.2. The van der Waals surface area contributed by atoms with Gasteiger partial charge in [-0.3, -0.25) is 0 Å². The summed E-state index contributed by atoms with van der Waals surface area (Å²) >= 11 is 0. The van der Waals surface area contributed by atoms with Crippen LogP contribution in [0, 0.1) is 0 Å². The molecule has 0 aliphatic heterocycles. The minimum Gasteiger partial charge on any atom is -0.114 e. The maximum atomic E-state index is 2.38. The SMILES string of the molecule is Br.CCCCCCCCCC[P+](CCCC)(CCCC)CCCC. The lowest BCUT2D eigenvalue weighted by Crippen LogP contribution is -2.13. The molecule has 0 saturated heterocycles. The van der Waals surface area contributed by atoms with Crippen molar-refractivity contribution >= 4 is 24.2 Å². The van der Waals surface area contributed by atoms with Gasteiger partial charge in [-0.15, -0.1) is 17.0 Å². The van der Waals surface area contributed by atoms with E-state index < -0.39 is 7.26 Å². The summed E-state index contributed by atoms with van der Waals surface area (Å²) in [6, 6.07) is 0. The summed E-state index contributed by atoms with van der Waals surface area (Å²) in [6.07, 6.45) is 27.0. The third-order valence-electron chi connectivity index (χ3n) is 5.44. The Morgan fingerprint density at radius 1 is 0.375 bits per heavy atom. The fourth-order valence-electron chi connectivity index (χ4n) is 3.73. The molecule has 0 heterocycles. The van der Waals surface area contributed by atoms with E-state index in [9.17, 15) is 0 Å². The van der Waals surface area contributed by atoms with Gasteiger partial charge in [0.25, 0.3) is 0 Å². The molecule has 0 unspecified atom stereocenters. The molecule has 0 aromatic heterocycles. The summed E-state index contributed by atoms with van der Waals surface area (Å²) in [6.45, 7) is 9.45. The Labute approximate surface area is 166 Å². The van der Waals surface area contributed by atoms with Crippen molar-refractivity contribution in [1.29, 1.82) is 0 Å². The Kier molecular flexibility index (Phi) is 22.9. The average molecular weight is 425 g/mol. The lowest BCUT2D eigenvalue weighted by molar-refractivity contribution is 0.585. The van der Waals surface area contributed by atoms with Gasteiger partial charge in [-0.2, -0.15) is 0 Å². The van der Waals surface area contributed by atoms with Crippen molar-refractivity contribution in [2.75, 3.05) is 24.6 Å². The fourth-order valence-corrected chi connectivity index (χ4v) is 8.93. The Hall–Kier alpha value is 0.910. The Bertz CT molecular complexity index is 208. The molecule has 0 saturated carbocycles. The minimum absolute atomic E-state index is 0. The third-order valence-corrected chi connectivity index (χ3v) is 10.5. The highest BCUT2D eigenvalue weighted by atomic mass is 79.9. The fraction of sp³-hybridized carbons (Fsp3) is 1.00. The van der Waals surface area contributed by atoms with Crippen molar-refractivity contribution in [1.82, 2.24) is 0 Å². The van der Waals surface area contributed by atoms with Crippen LogP contribution in [0.2, 0.25) is 0 Å². The predicted octanol–water partition coefficient (Wildman–Crippen LogP) is 9.12. The molecule has 0 fully saturated rings. The Morgan fingerprint density at radius 2 is 0.667 bits per heavy atom. The first-order valence-electron chi connectivity index (χ1n) is 11.1. The molecule has 0 amide bonds. The quantitative estimate of drug-likeness (QED) is 0.152. The van der Waals surface area contributed by atoms with Gasteiger partial charge in [-0.1, -0.05) is 85.5 Å². The normalized spacial score (nSPS) is 11.5. The first kappa shape index (κ1) is 27.1. The molecule has 0 aliphatic rings. The van der Waals surface area contributed by atoms with Gasteiger partial charge >= 0.3 is 0 Å². The van der Waals surface area contributed by atoms with E-state index in [1.165, 1.54) is 83.5 Å². The smallest absolute Gasteiger partial charge is 0.0594 e. The second kappa shape index (κ2) is 20.2. The van der Waals surface area contributed by atoms with Crippen LogP contribution >= 0.6 is 24.2 Å². The Balaban J connectivity index is 0. The highest BCUT2D eigenvalue weighted by molar-refractivity contribution is 8.93. The molecule has 0 aromatic rings. The van der Waals surface area contributed by atoms with E-state index in [4.69, 9.17) is 0 Å². The molecule has 0 atom stereocenters. The molecule has 24 heavy (non-hydrogen) atoms. The molecule has 0 rings (SSSR count). The van der Waals surface area contributed by atoms with Crippen LogP contribution in [0.15, 0.2) is 0 Å². The van der Waals surface area contributed by atoms with Crippen molar-refractivity contribution in [3.63, 3.8) is 0 Å². The van der Waals surface area contributed by atoms with Crippen LogP contribution in [0.1, 0.15) is 118 Å². The van der Waals surface area contributed by atoms with E-state index in [2.05, 4.69) is 27.7 Å². The van der Waals surface area contributed by atoms with Crippen molar-refractivity contribution in [2.24, 2.45) is 0 Å². The summed E-state index contributed by atoms with van der Waals surface area (Å²) in [7, 11) is -0.612. The van der Waals surface area contributed by atoms with E-state index >= 15 is 0 Å². The minimum atomic E-state index is -0.612. The molecule has 0 aromatic carbocycles. The second-order valence-electron chi connectivity index (χ2n) is 7.77. The summed E-state index contributed by atoms with van der Waals surface area (Å²) in [5, 5.41) is 0. The van der Waals surface area contributed by atoms with E-state index in [1.807, 2.05) is 0 Å². The van der Waals surface area contributed by atoms with Gasteiger partial charge in [0.1, 0.15) is 0 Å². The summed E-state index contributed by atoms with van der Waals surface area (Å²) in [4.78, 5) is 0. The van der Waals surface area contributed by atoms with E-state index in [-0.39, 0.29) is 17.0 Å². The maximum absolute atomic E-state index is 2.38. The van der Waals surface area contributed by atoms with Gasteiger partial charge in [0.2, 0.25) is 0 Å². The first-order valence-corrected chi connectivity index (χ1v) is 13.6. The molecule has 0 bridgehead atoms. The number of hydrogen-bond acceptors (Lipinski definition) is 0. The highest BCUT2D eigenvalue weighted by Gasteiger charge is 2.34. The van der Waals surface area contributed by atoms with Crippen LogP contribution in [-0.4, -0.2) is 24.6 Å². The molecular weight excluding hydrogens is 375 g/mol. The van der Waals surface area contributed by atoms with Gasteiger partial charge in [0, 0.05) is 7.26 Å². The summed E-state index contributed by atoms with van der Waals surface area (Å²) in [5.41, 5.74) is 0. The van der Waals surface area contributed by atoms with E-state index in [1.54, 1.807) is 31.1 Å². The molecule has 2 heteroatoms. The lowest BCUT2D eigenvalue weighted by atomic mass is 10.1. The van der Waals surface area contributed by atoms with Crippen LogP contribution in [-0.2, 0) is 0 Å². The number of halogens is 1. The predicted molar refractivity (Wildman–Crippen MR) is 124 cm³/mol. The molecule has 148 valence electrons. The van der Waals surface area contributed by atoms with Crippen LogP contribution in [0.4, 0.5) is 0 Å². The zero-order valence-corrected chi connectivity index (χ0v) is 20.2. The zero-order valence-electron chi connectivity index (χ0n) is 17.6. The van der Waals surface area contributed by atoms with Gasteiger partial charge in [0.05, 0.1) is 24.6 Å². The Morgan fingerprint density at radius 3 is 1.04 bits per heavy atom. The molecule has 0 nitrogen and oxygen atoms in total. The van der Waals surface area contributed by atoms with Gasteiger partial charge in [-0.25, -0.2) is 0 Å². The molecule has 0 N–H and O–H groups in total. The maximum Gasteiger partial charge on any atom is 0.0594 e. The summed E-state index contributed by atoms with van der Waals surface area (Å²) in [5.74, 6) is 0. The molecule has 0 spiro atoms. The highest BCUT2D eigenvalue weighted by Crippen LogP contribution is 2.61. The number of unbranched alkanes of at least 4 members (excludes halogenated alkanes) is 10. The molecule has 0 radical (unpaired) electrons. The van der Waals surface area contributed by atoms with Gasteiger partial charge in [0.15, 0.2) is 0 Å². The largest absolute Gasteiger partial charge is 0.114 e. The average Bonchev–Trinajstić information content (AvgIpc) is 2.58. The van der Waals surface area contributed by atoms with Gasteiger partial charge in [-0.05, 0) is 32.1 Å². The summed E-state index contributed by atoms with van der Waals surface area (Å²) < 4.78 is 0. The molecule has 0 aliphatic carbocycles. The van der Waals surface area contributed by atoms with Gasteiger partial charge < -0.3 is 0 Å². The monoisotopic (exact) mass is 423 g/mol. The van der Waals surface area contributed by atoms with E-state index in [0.717, 1.165) is 0 Å². The van der Waals surface area contributed by atoms with Crippen molar-refractivity contribution in [3.05, 3.63) is 0 Å². The van der Waals surface area contributed by atoms with Crippen LogP contribution < -0.4 is 0 Å².